The predicted octanol–water partition coefficient (Wildman–Crippen LogP) is 5.88. The van der Waals surface area contributed by atoms with Gasteiger partial charge in [-0.15, -0.1) is 0 Å². The second kappa shape index (κ2) is 11.6. The number of benzene rings is 2. The van der Waals surface area contributed by atoms with E-state index in [0.717, 1.165) is 11.3 Å². The molecule has 0 N–H and O–H groups in total. The van der Waals surface area contributed by atoms with Gasteiger partial charge in [-0.25, -0.2) is 9.37 Å². The largest absolute Gasteiger partial charge is 0.494 e. The number of halogens is 1. The van der Waals surface area contributed by atoms with Crippen molar-refractivity contribution in [2.75, 3.05) is 13.2 Å². The van der Waals surface area contributed by atoms with Crippen molar-refractivity contribution >= 4 is 5.97 Å². The summed E-state index contributed by atoms with van der Waals surface area (Å²) in [6.07, 6.45) is 0.912. The molecule has 0 radical (unpaired) electrons. The van der Waals surface area contributed by atoms with Crippen molar-refractivity contribution in [3.05, 3.63) is 71.7 Å². The van der Waals surface area contributed by atoms with Gasteiger partial charge in [0.05, 0.1) is 18.9 Å². The Kier molecular flexibility index (Phi) is 8.57. The van der Waals surface area contributed by atoms with Crippen LogP contribution < -0.4 is 9.47 Å². The van der Waals surface area contributed by atoms with Gasteiger partial charge >= 0.3 is 5.97 Å². The van der Waals surface area contributed by atoms with Crippen LogP contribution in [0.3, 0.4) is 0 Å². The lowest BCUT2D eigenvalue weighted by molar-refractivity contribution is -0.143. The molecule has 1 heterocycles. The Morgan fingerprint density at radius 3 is 2.41 bits per heavy atom. The number of ether oxygens (including phenoxy) is 3. The van der Waals surface area contributed by atoms with Gasteiger partial charge in [-0.05, 0) is 43.7 Å². The molecule has 6 nitrogen and oxygen atoms in total. The summed E-state index contributed by atoms with van der Waals surface area (Å²) in [7, 11) is 0. The van der Waals surface area contributed by atoms with Crippen LogP contribution >= 0.6 is 0 Å². The molecule has 0 aliphatic heterocycles. The molecule has 7 heteroatoms. The summed E-state index contributed by atoms with van der Waals surface area (Å²) < 4.78 is 30.5. The van der Waals surface area contributed by atoms with Crippen LogP contribution in [0.5, 0.6) is 11.6 Å². The van der Waals surface area contributed by atoms with Crippen LogP contribution in [0.15, 0.2) is 54.6 Å². The van der Waals surface area contributed by atoms with Crippen molar-refractivity contribution in [2.24, 2.45) is 0 Å². The van der Waals surface area contributed by atoms with E-state index < -0.39 is 0 Å². The van der Waals surface area contributed by atoms with Gasteiger partial charge in [0.15, 0.2) is 5.82 Å². The van der Waals surface area contributed by atoms with Gasteiger partial charge in [0.2, 0.25) is 5.88 Å². The lowest BCUT2D eigenvalue weighted by Gasteiger charge is -2.19. The van der Waals surface area contributed by atoms with E-state index in [1.165, 1.54) is 6.07 Å². The number of nitrogens with zero attached hydrogens (tertiary/aromatic N) is 2. The molecule has 3 aromatic rings. The highest BCUT2D eigenvalue weighted by Gasteiger charge is 2.19. The second-order valence-electron chi connectivity index (χ2n) is 8.83. The van der Waals surface area contributed by atoms with Gasteiger partial charge in [-0.3, -0.25) is 4.79 Å². The minimum atomic E-state index is -0.314. The van der Waals surface area contributed by atoms with E-state index in [2.05, 4.69) is 25.8 Å². The third kappa shape index (κ3) is 7.27. The van der Waals surface area contributed by atoms with Crippen LogP contribution in [-0.4, -0.2) is 29.2 Å². The average molecular weight is 467 g/mol. The van der Waals surface area contributed by atoms with E-state index in [1.54, 1.807) is 31.2 Å². The average Bonchev–Trinajstić information content (AvgIpc) is 2.81. The highest BCUT2D eigenvalue weighted by molar-refractivity contribution is 5.69. The fourth-order valence-electron chi connectivity index (χ4n) is 3.12. The number of aromatic nitrogens is 2. The van der Waals surface area contributed by atoms with Gasteiger partial charge in [0.1, 0.15) is 18.2 Å². The summed E-state index contributed by atoms with van der Waals surface area (Å²) in [4.78, 5) is 20.7. The third-order valence-electron chi connectivity index (χ3n) is 5.02. The summed E-state index contributed by atoms with van der Waals surface area (Å²) >= 11 is 0. The first-order chi connectivity index (χ1) is 16.3. The molecule has 2 aromatic carbocycles. The Balaban J connectivity index is 1.71. The first kappa shape index (κ1) is 25.1. The molecule has 0 atom stereocenters. The Bertz CT molecular complexity index is 1090. The monoisotopic (exact) mass is 466 g/mol. The molecule has 3 rings (SSSR count). The molecule has 0 aliphatic rings. The lowest BCUT2D eigenvalue weighted by Crippen LogP contribution is -2.15. The van der Waals surface area contributed by atoms with Crippen LogP contribution in [0.4, 0.5) is 4.39 Å². The smallest absolute Gasteiger partial charge is 0.305 e. The zero-order valence-electron chi connectivity index (χ0n) is 20.1. The SMILES string of the molecule is CCOC(=O)CCCOc1ccc(-c2nc(OCc3ccccc3F)cc(C(C)(C)C)n2)cc1. The molecular formula is C27H31FN2O4. The minimum absolute atomic E-state index is 0.0747. The molecule has 0 saturated carbocycles. The zero-order chi connectivity index (χ0) is 24.6. The maximum absolute atomic E-state index is 14.0. The van der Waals surface area contributed by atoms with E-state index in [-0.39, 0.29) is 23.8 Å². The Hall–Kier alpha value is -3.48. The van der Waals surface area contributed by atoms with Crippen LogP contribution in [0.2, 0.25) is 0 Å². The van der Waals surface area contributed by atoms with Crippen molar-refractivity contribution in [3.8, 4) is 23.0 Å². The summed E-state index contributed by atoms with van der Waals surface area (Å²) in [6.45, 7) is 8.85. The number of carbonyl (C=O) groups excluding carboxylic acids is 1. The number of hydrogen-bond acceptors (Lipinski definition) is 6. The highest BCUT2D eigenvalue weighted by Crippen LogP contribution is 2.28. The molecule has 1 aromatic heterocycles. The Morgan fingerprint density at radius 2 is 1.74 bits per heavy atom. The van der Waals surface area contributed by atoms with Crippen LogP contribution in [0, 0.1) is 5.82 Å². The Morgan fingerprint density at radius 1 is 1.00 bits per heavy atom. The topological polar surface area (TPSA) is 70.5 Å². The molecule has 0 amide bonds. The third-order valence-corrected chi connectivity index (χ3v) is 5.02. The molecule has 34 heavy (non-hydrogen) atoms. The molecule has 0 saturated heterocycles. The van der Waals surface area contributed by atoms with Crippen LogP contribution in [0.25, 0.3) is 11.4 Å². The summed E-state index contributed by atoms with van der Waals surface area (Å²) in [5, 5.41) is 0. The standard InChI is InChI=1S/C27H31FN2O4/c1-5-32-25(31)11-8-16-33-21-14-12-19(13-15-21)26-29-23(27(2,3)4)17-24(30-26)34-18-20-9-6-7-10-22(20)28/h6-7,9-10,12-15,17H,5,8,11,16,18H2,1-4H3. The zero-order valence-corrected chi connectivity index (χ0v) is 20.1. The second-order valence-corrected chi connectivity index (χ2v) is 8.83. The van der Waals surface area contributed by atoms with Crippen LogP contribution in [0.1, 0.15) is 51.8 Å². The summed E-state index contributed by atoms with van der Waals surface area (Å²) in [5.41, 5.74) is 1.86. The van der Waals surface area contributed by atoms with Gasteiger partial charge in [-0.2, -0.15) is 4.98 Å². The number of esters is 1. The molecule has 0 aliphatic carbocycles. The van der Waals surface area contributed by atoms with Crippen molar-refractivity contribution in [2.45, 2.75) is 52.6 Å². The fraction of sp³-hybridized carbons (Fsp3) is 0.370. The number of rotatable bonds is 10. The Labute approximate surface area is 200 Å². The minimum Gasteiger partial charge on any atom is -0.494 e. The van der Waals surface area contributed by atoms with Gasteiger partial charge in [-0.1, -0.05) is 39.0 Å². The van der Waals surface area contributed by atoms with Crippen molar-refractivity contribution in [3.63, 3.8) is 0 Å². The van der Waals surface area contributed by atoms with Crippen LogP contribution in [-0.2, 0) is 21.6 Å². The van der Waals surface area contributed by atoms with Crippen molar-refractivity contribution in [1.29, 1.82) is 0 Å². The fourth-order valence-corrected chi connectivity index (χ4v) is 3.12. The quantitative estimate of drug-likeness (QED) is 0.274. The van der Waals surface area contributed by atoms with Crippen molar-refractivity contribution in [1.82, 2.24) is 9.97 Å². The molecule has 0 bridgehead atoms. The first-order valence-corrected chi connectivity index (χ1v) is 11.4. The lowest BCUT2D eigenvalue weighted by atomic mass is 9.92. The van der Waals surface area contributed by atoms with E-state index >= 15 is 0 Å². The molecule has 0 unspecified atom stereocenters. The van der Waals surface area contributed by atoms with E-state index in [9.17, 15) is 9.18 Å². The number of hydrogen-bond donors (Lipinski definition) is 0. The van der Waals surface area contributed by atoms with Gasteiger partial charge in [0.25, 0.3) is 0 Å². The van der Waals surface area contributed by atoms with E-state index in [1.807, 2.05) is 24.3 Å². The van der Waals surface area contributed by atoms with Gasteiger partial charge in [0, 0.05) is 29.0 Å². The molecular weight excluding hydrogens is 435 g/mol. The normalized spacial score (nSPS) is 11.2. The molecule has 0 spiro atoms. The maximum Gasteiger partial charge on any atom is 0.305 e. The van der Waals surface area contributed by atoms with E-state index in [4.69, 9.17) is 19.2 Å². The van der Waals surface area contributed by atoms with Gasteiger partial charge < -0.3 is 14.2 Å². The number of carbonyl (C=O) groups is 1. The summed E-state index contributed by atoms with van der Waals surface area (Å²) in [6, 6.07) is 15.7. The predicted molar refractivity (Wildman–Crippen MR) is 128 cm³/mol. The highest BCUT2D eigenvalue weighted by atomic mass is 19.1. The first-order valence-electron chi connectivity index (χ1n) is 11.4. The summed E-state index contributed by atoms with van der Waals surface area (Å²) in [5.74, 6) is 1.06. The maximum atomic E-state index is 14.0. The van der Waals surface area contributed by atoms with E-state index in [0.29, 0.717) is 49.1 Å². The molecule has 180 valence electrons. The van der Waals surface area contributed by atoms with Crippen molar-refractivity contribution < 1.29 is 23.4 Å². The molecule has 0 fully saturated rings.